The van der Waals surface area contributed by atoms with Gasteiger partial charge in [0, 0.05) is 180 Å². The minimum atomic E-state index is 0. The second-order valence-electron chi connectivity index (χ2n) is 21.6. The Labute approximate surface area is 622 Å². The molecule has 0 aliphatic rings. The summed E-state index contributed by atoms with van der Waals surface area (Å²) in [6, 6.07) is 78.4. The fourth-order valence-corrected chi connectivity index (χ4v) is 9.71. The van der Waals surface area contributed by atoms with Gasteiger partial charge in [-0.15, -0.1) is 96.1 Å². The van der Waals surface area contributed by atoms with Crippen LogP contribution in [-0.4, -0.2) is 39.9 Å². The molecule has 0 spiro atoms. The Morgan fingerprint density at radius 2 is 0.691 bits per heavy atom. The minimum absolute atomic E-state index is 0. The number of ether oxygens (including phenoxy) is 5. The Morgan fingerprint density at radius 3 is 1.14 bits per heavy atom. The Kier molecular flexibility index (Phi) is 30.1. The van der Waals surface area contributed by atoms with Crippen LogP contribution >= 0.6 is 0 Å². The molecule has 4 radical (unpaired) electrons. The van der Waals surface area contributed by atoms with E-state index in [4.69, 9.17) is 23.7 Å². The first kappa shape index (κ1) is 76.9. The standard InChI is InChI=1S/C24H19N2O2.C20H19N2O.2C18H15N2O.4Ir/c1-17-16-25-24(18(2)26-17)22-14-13-21(27-19-9-5-3-6-10-19)15-23(22)28-20-11-7-4-8-12-20;1-13-6-5-7-14(2)20(13)23-18-10-8-17(9-11-18)19-16(4)22-15(3)12-21-19;1-13-12-19-18(14(2)20-13)15-7-6-10-17(11-15)21-16-8-4-3-5-9-16;1-13-12-19-18(14(2)20-13)16-10-6-7-11-17(16)21-15-8-4-3-5-9-15;;;;/h3-13,15-16H,1-2H3;5-8,10-12H,1-4H3;3-6,8-12H,1-2H3;3-9,11-12H,1-2H3;;;;/q4*-1;;;;. The summed E-state index contributed by atoms with van der Waals surface area (Å²) in [5.41, 5.74) is 15.9. The molecule has 9 aromatic carbocycles. The molecule has 0 bridgehead atoms. The molecule has 498 valence electrons. The van der Waals surface area contributed by atoms with Crippen LogP contribution in [0.25, 0.3) is 45.0 Å². The van der Waals surface area contributed by atoms with E-state index in [2.05, 4.69) is 64.1 Å². The number of aryl methyl sites for hydroxylation is 10. The molecule has 17 heteroatoms. The second-order valence-corrected chi connectivity index (χ2v) is 21.6. The van der Waals surface area contributed by atoms with Crippen LogP contribution in [0.1, 0.15) is 56.7 Å². The third-order valence-electron chi connectivity index (χ3n) is 14.0. The first-order chi connectivity index (χ1) is 45.2. The minimum Gasteiger partial charge on any atom is -0.502 e. The molecule has 13 aromatic rings. The molecule has 0 saturated carbocycles. The number of rotatable bonds is 14. The van der Waals surface area contributed by atoms with Crippen molar-refractivity contribution in [3.05, 3.63) is 312 Å². The van der Waals surface area contributed by atoms with Gasteiger partial charge in [-0.1, -0.05) is 108 Å². The SMILES string of the molecule is Cc1cnc(-c2[c-]cc(Oc3c(C)cccc3C)cc2)c(C)n1.Cc1cnc(-c2[c-]cc(Oc3ccccc3)cc2Oc2ccccc2)c(C)n1.Cc1cnc(-c2[c-]ccc(Oc3ccccc3)c2)c(C)n1.Cc1cnc(-c2[c-]cccc2Oc2ccccc2)c(C)n1.[Ir].[Ir].[Ir].[Ir]. The van der Waals surface area contributed by atoms with Crippen LogP contribution in [0.3, 0.4) is 0 Å². The van der Waals surface area contributed by atoms with Crippen LogP contribution in [0.4, 0.5) is 0 Å². The average molecular weight is 1990 g/mol. The average Bonchev–Trinajstić information content (AvgIpc) is 0.874. The zero-order chi connectivity index (χ0) is 65.1. The van der Waals surface area contributed by atoms with Crippen molar-refractivity contribution < 1.29 is 104 Å². The van der Waals surface area contributed by atoms with E-state index in [0.29, 0.717) is 11.5 Å². The summed E-state index contributed by atoms with van der Waals surface area (Å²) in [5.74, 6) is 7.48. The summed E-state index contributed by atoms with van der Waals surface area (Å²) < 4.78 is 29.9. The van der Waals surface area contributed by atoms with E-state index in [1.54, 1.807) is 30.9 Å². The van der Waals surface area contributed by atoms with E-state index in [-0.39, 0.29) is 80.4 Å². The van der Waals surface area contributed by atoms with E-state index in [1.165, 1.54) is 0 Å². The maximum atomic E-state index is 6.15. The molecule has 0 atom stereocenters. The predicted octanol–water partition coefficient (Wildman–Crippen LogP) is 19.8. The topological polar surface area (TPSA) is 149 Å². The fourth-order valence-electron chi connectivity index (χ4n) is 9.71. The van der Waals surface area contributed by atoms with Gasteiger partial charge in [0.15, 0.2) is 0 Å². The molecule has 0 N–H and O–H groups in total. The van der Waals surface area contributed by atoms with Gasteiger partial charge >= 0.3 is 0 Å². The zero-order valence-electron chi connectivity index (χ0n) is 54.9. The first-order valence-electron chi connectivity index (χ1n) is 30.2. The molecule has 4 heterocycles. The maximum Gasteiger partial charge on any atom is 0.124 e. The number of aromatic nitrogens is 8. The summed E-state index contributed by atoms with van der Waals surface area (Å²) in [5, 5.41) is 0. The predicted molar refractivity (Wildman–Crippen MR) is 365 cm³/mol. The summed E-state index contributed by atoms with van der Waals surface area (Å²) >= 11 is 0. The van der Waals surface area contributed by atoms with Crippen LogP contribution in [0.5, 0.6) is 57.5 Å². The Hall–Kier alpha value is -9.10. The van der Waals surface area contributed by atoms with Gasteiger partial charge in [-0.2, -0.15) is 0 Å². The summed E-state index contributed by atoms with van der Waals surface area (Å²) in [7, 11) is 0. The zero-order valence-corrected chi connectivity index (χ0v) is 64.5. The molecule has 4 aromatic heterocycles. The molecule has 0 aliphatic heterocycles. The van der Waals surface area contributed by atoms with Crippen LogP contribution in [0.15, 0.2) is 231 Å². The van der Waals surface area contributed by atoms with Crippen molar-refractivity contribution in [3.63, 3.8) is 0 Å². The van der Waals surface area contributed by atoms with Crippen LogP contribution < -0.4 is 23.7 Å². The Bertz CT molecular complexity index is 4600. The number of benzene rings is 9. The summed E-state index contributed by atoms with van der Waals surface area (Å²) in [6.45, 7) is 19.6. The third kappa shape index (κ3) is 22.0. The van der Waals surface area contributed by atoms with E-state index in [0.717, 1.165) is 148 Å². The quantitative estimate of drug-likeness (QED) is 0.0952. The first-order valence-corrected chi connectivity index (χ1v) is 30.2. The van der Waals surface area contributed by atoms with Crippen molar-refractivity contribution in [2.24, 2.45) is 0 Å². The number of para-hydroxylation sites is 5. The second kappa shape index (κ2) is 38.0. The molecular weight excluding hydrogens is 1920 g/mol. The molecule has 97 heavy (non-hydrogen) atoms. The van der Waals surface area contributed by atoms with Gasteiger partial charge in [0.2, 0.25) is 0 Å². The molecule has 13 nitrogen and oxygen atoms in total. The van der Waals surface area contributed by atoms with E-state index in [9.17, 15) is 0 Å². The van der Waals surface area contributed by atoms with Gasteiger partial charge in [0.25, 0.3) is 0 Å². The van der Waals surface area contributed by atoms with Gasteiger partial charge in [-0.3, -0.25) is 19.9 Å². The Morgan fingerprint density at radius 1 is 0.278 bits per heavy atom. The van der Waals surface area contributed by atoms with Crippen molar-refractivity contribution >= 4 is 0 Å². The van der Waals surface area contributed by atoms with Crippen LogP contribution in [0, 0.1) is 93.5 Å². The molecule has 0 amide bonds. The van der Waals surface area contributed by atoms with Crippen molar-refractivity contribution in [2.75, 3.05) is 0 Å². The number of hydrogen-bond donors (Lipinski definition) is 0. The van der Waals surface area contributed by atoms with Crippen molar-refractivity contribution in [2.45, 2.75) is 69.2 Å². The normalized spacial score (nSPS) is 10.0. The van der Waals surface area contributed by atoms with Gasteiger partial charge in [0.05, 0.1) is 22.8 Å². The summed E-state index contributed by atoms with van der Waals surface area (Å²) in [4.78, 5) is 35.8. The van der Waals surface area contributed by atoms with Gasteiger partial charge in [-0.05, 0) is 129 Å². The van der Waals surface area contributed by atoms with E-state index < -0.39 is 0 Å². The van der Waals surface area contributed by atoms with E-state index >= 15 is 0 Å². The third-order valence-corrected chi connectivity index (χ3v) is 14.0. The van der Waals surface area contributed by atoms with Crippen LogP contribution in [0.2, 0.25) is 0 Å². The van der Waals surface area contributed by atoms with Crippen molar-refractivity contribution in [1.29, 1.82) is 0 Å². The van der Waals surface area contributed by atoms with Gasteiger partial charge in [0.1, 0.15) is 28.7 Å². The molecule has 0 saturated heterocycles. The molecule has 0 fully saturated rings. The van der Waals surface area contributed by atoms with E-state index in [1.807, 2.05) is 269 Å². The molecule has 0 unspecified atom stereocenters. The fraction of sp³-hybridized carbons (Fsp3) is 0.125. The largest absolute Gasteiger partial charge is 0.502 e. The van der Waals surface area contributed by atoms with Crippen molar-refractivity contribution in [3.8, 4) is 103 Å². The summed E-state index contributed by atoms with van der Waals surface area (Å²) in [6.07, 6.45) is 7.05. The molecule has 0 aliphatic carbocycles. The molecular formula is C80H68Ir4N8O5-4. The van der Waals surface area contributed by atoms with Crippen LogP contribution in [-0.2, 0) is 80.4 Å². The number of nitrogens with zero attached hydrogens (tertiary/aromatic N) is 8. The van der Waals surface area contributed by atoms with Gasteiger partial charge in [-0.25, -0.2) is 0 Å². The molecule has 13 rings (SSSR count). The maximum absolute atomic E-state index is 6.15. The van der Waals surface area contributed by atoms with Crippen molar-refractivity contribution in [1.82, 2.24) is 39.9 Å². The monoisotopic (exact) mass is 1990 g/mol. The van der Waals surface area contributed by atoms with Gasteiger partial charge < -0.3 is 43.6 Å². The number of hydrogen-bond acceptors (Lipinski definition) is 13. The smallest absolute Gasteiger partial charge is 0.124 e. The Balaban J connectivity index is 0.000000203.